The topological polar surface area (TPSA) is 86.0 Å². The summed E-state index contributed by atoms with van der Waals surface area (Å²) in [5.74, 6) is 0.150. The number of amides is 1. The van der Waals surface area contributed by atoms with Crippen molar-refractivity contribution in [3.05, 3.63) is 74.1 Å². The summed E-state index contributed by atoms with van der Waals surface area (Å²) in [6.45, 7) is 2.03. The van der Waals surface area contributed by atoms with Gasteiger partial charge in [0.2, 0.25) is 0 Å². The SMILES string of the molecule is Cc1ccc(C(NC(=O)c2cnc3c(c2)c(=O)n(C)c(=O)n3C)C2CC2)cc1. The quantitative estimate of drug-likeness (QED) is 0.750. The molecular weight excluding hydrogens is 356 g/mol. The minimum absolute atomic E-state index is 0.0632. The Kier molecular flexibility index (Phi) is 4.37. The second-order valence-electron chi connectivity index (χ2n) is 7.50. The van der Waals surface area contributed by atoms with Gasteiger partial charge in [-0.1, -0.05) is 29.8 Å². The Bertz CT molecular complexity index is 1190. The third-order valence-electron chi connectivity index (χ3n) is 5.37. The van der Waals surface area contributed by atoms with Crippen LogP contribution in [-0.4, -0.2) is 20.0 Å². The highest BCUT2D eigenvalue weighted by molar-refractivity contribution is 5.97. The maximum Gasteiger partial charge on any atom is 0.332 e. The fourth-order valence-corrected chi connectivity index (χ4v) is 3.49. The third kappa shape index (κ3) is 3.13. The Morgan fingerprint density at radius 3 is 2.46 bits per heavy atom. The first-order valence-corrected chi connectivity index (χ1v) is 9.30. The first-order chi connectivity index (χ1) is 13.4. The van der Waals surface area contributed by atoms with Crippen LogP contribution in [0.3, 0.4) is 0 Å². The predicted molar refractivity (Wildman–Crippen MR) is 106 cm³/mol. The molecule has 1 fully saturated rings. The van der Waals surface area contributed by atoms with E-state index >= 15 is 0 Å². The molecule has 1 saturated carbocycles. The normalized spacial score (nSPS) is 14.8. The molecule has 1 aliphatic carbocycles. The van der Waals surface area contributed by atoms with Gasteiger partial charge in [-0.05, 0) is 37.3 Å². The van der Waals surface area contributed by atoms with Gasteiger partial charge in [-0.25, -0.2) is 9.78 Å². The molecule has 1 aliphatic rings. The van der Waals surface area contributed by atoms with Gasteiger partial charge in [-0.3, -0.25) is 18.7 Å². The van der Waals surface area contributed by atoms with E-state index in [1.54, 1.807) is 7.05 Å². The molecule has 0 saturated heterocycles. The molecule has 7 nitrogen and oxygen atoms in total. The van der Waals surface area contributed by atoms with Gasteiger partial charge in [0.25, 0.3) is 11.5 Å². The van der Waals surface area contributed by atoms with Crippen LogP contribution in [0.5, 0.6) is 0 Å². The average molecular weight is 378 g/mol. The van der Waals surface area contributed by atoms with E-state index in [0.717, 1.165) is 23.0 Å². The number of nitrogens with one attached hydrogen (secondary N) is 1. The van der Waals surface area contributed by atoms with E-state index in [-0.39, 0.29) is 23.0 Å². The van der Waals surface area contributed by atoms with Crippen LogP contribution in [0, 0.1) is 12.8 Å². The molecule has 1 atom stereocenters. The third-order valence-corrected chi connectivity index (χ3v) is 5.37. The molecule has 0 aliphatic heterocycles. The lowest BCUT2D eigenvalue weighted by molar-refractivity contribution is 0.0931. The number of carbonyl (C=O) groups excluding carboxylic acids is 1. The summed E-state index contributed by atoms with van der Waals surface area (Å²) >= 11 is 0. The highest BCUT2D eigenvalue weighted by atomic mass is 16.2. The van der Waals surface area contributed by atoms with Crippen LogP contribution in [0.2, 0.25) is 0 Å². The van der Waals surface area contributed by atoms with E-state index in [4.69, 9.17) is 0 Å². The van der Waals surface area contributed by atoms with Gasteiger partial charge < -0.3 is 5.32 Å². The molecule has 144 valence electrons. The van der Waals surface area contributed by atoms with Crippen LogP contribution < -0.4 is 16.6 Å². The average Bonchev–Trinajstić information content (AvgIpc) is 3.54. The Balaban J connectivity index is 1.69. The number of aryl methyl sites for hydroxylation is 2. The van der Waals surface area contributed by atoms with Crippen LogP contribution in [0.4, 0.5) is 0 Å². The van der Waals surface area contributed by atoms with Crippen LogP contribution >= 0.6 is 0 Å². The number of carbonyl (C=O) groups is 1. The molecule has 0 bridgehead atoms. The van der Waals surface area contributed by atoms with Crippen molar-refractivity contribution in [3.63, 3.8) is 0 Å². The Morgan fingerprint density at radius 1 is 1.14 bits per heavy atom. The molecule has 1 N–H and O–H groups in total. The molecule has 1 aromatic carbocycles. The van der Waals surface area contributed by atoms with Crippen molar-refractivity contribution in [1.29, 1.82) is 0 Å². The summed E-state index contributed by atoms with van der Waals surface area (Å²) < 4.78 is 2.32. The minimum atomic E-state index is -0.461. The molecule has 2 aromatic heterocycles. The summed E-state index contributed by atoms with van der Waals surface area (Å²) in [6.07, 6.45) is 3.57. The number of hydrogen-bond donors (Lipinski definition) is 1. The van der Waals surface area contributed by atoms with E-state index in [2.05, 4.69) is 10.3 Å². The summed E-state index contributed by atoms with van der Waals surface area (Å²) in [4.78, 5) is 41.6. The Hall–Kier alpha value is -3.22. The van der Waals surface area contributed by atoms with Gasteiger partial charge in [-0.15, -0.1) is 0 Å². The zero-order valence-electron chi connectivity index (χ0n) is 16.1. The van der Waals surface area contributed by atoms with Gasteiger partial charge in [-0.2, -0.15) is 0 Å². The van der Waals surface area contributed by atoms with Crippen molar-refractivity contribution in [2.75, 3.05) is 0 Å². The Labute approximate surface area is 161 Å². The zero-order chi connectivity index (χ0) is 20.0. The standard InChI is InChI=1S/C21H22N4O3/c1-12-4-6-13(7-5-12)17(14-8-9-14)23-19(26)15-10-16-18(22-11-15)24(2)21(28)25(3)20(16)27/h4-7,10-11,14,17H,8-9H2,1-3H3,(H,23,26). The van der Waals surface area contributed by atoms with Crippen molar-refractivity contribution < 1.29 is 4.79 Å². The molecular formula is C21H22N4O3. The summed E-state index contributed by atoms with van der Waals surface area (Å²) in [7, 11) is 2.97. The largest absolute Gasteiger partial charge is 0.345 e. The van der Waals surface area contributed by atoms with Crippen molar-refractivity contribution >= 4 is 16.9 Å². The first kappa shape index (κ1) is 18.2. The maximum absolute atomic E-state index is 12.9. The van der Waals surface area contributed by atoms with Crippen LogP contribution in [0.15, 0.2) is 46.1 Å². The highest BCUT2D eigenvalue weighted by Crippen LogP contribution is 2.41. The van der Waals surface area contributed by atoms with E-state index in [1.807, 2.05) is 31.2 Å². The molecule has 0 radical (unpaired) electrons. The summed E-state index contributed by atoms with van der Waals surface area (Å²) in [5.41, 5.74) is 1.91. The van der Waals surface area contributed by atoms with E-state index in [0.29, 0.717) is 11.5 Å². The lowest BCUT2D eigenvalue weighted by Gasteiger charge is -2.19. The molecule has 1 unspecified atom stereocenters. The molecule has 0 spiro atoms. The highest BCUT2D eigenvalue weighted by Gasteiger charge is 2.33. The lowest BCUT2D eigenvalue weighted by Crippen LogP contribution is -2.37. The number of fused-ring (bicyclic) bond motifs is 1. The minimum Gasteiger partial charge on any atom is -0.345 e. The van der Waals surface area contributed by atoms with E-state index in [9.17, 15) is 14.4 Å². The molecule has 2 heterocycles. The number of rotatable bonds is 4. The van der Waals surface area contributed by atoms with Gasteiger partial charge >= 0.3 is 5.69 Å². The zero-order valence-corrected chi connectivity index (χ0v) is 16.1. The lowest BCUT2D eigenvalue weighted by atomic mass is 10.0. The summed E-state index contributed by atoms with van der Waals surface area (Å²) in [6, 6.07) is 9.62. The monoisotopic (exact) mass is 378 g/mol. The molecule has 7 heteroatoms. The second kappa shape index (κ2) is 6.74. The molecule has 28 heavy (non-hydrogen) atoms. The van der Waals surface area contributed by atoms with Crippen LogP contribution in [0.1, 0.15) is 40.4 Å². The number of hydrogen-bond acceptors (Lipinski definition) is 4. The van der Waals surface area contributed by atoms with Crippen molar-refractivity contribution in [2.45, 2.75) is 25.8 Å². The van der Waals surface area contributed by atoms with Crippen molar-refractivity contribution in [1.82, 2.24) is 19.4 Å². The first-order valence-electron chi connectivity index (χ1n) is 9.30. The van der Waals surface area contributed by atoms with E-state index < -0.39 is 11.2 Å². The maximum atomic E-state index is 12.9. The van der Waals surface area contributed by atoms with Gasteiger partial charge in [0, 0.05) is 20.3 Å². The fraction of sp³-hybridized carbons (Fsp3) is 0.333. The molecule has 3 aromatic rings. The summed E-state index contributed by atoms with van der Waals surface area (Å²) in [5, 5.41) is 3.35. The fourth-order valence-electron chi connectivity index (χ4n) is 3.49. The Morgan fingerprint density at radius 2 is 1.82 bits per heavy atom. The van der Waals surface area contributed by atoms with Crippen LogP contribution in [0.25, 0.3) is 11.0 Å². The smallest absolute Gasteiger partial charge is 0.332 e. The van der Waals surface area contributed by atoms with Crippen molar-refractivity contribution in [2.24, 2.45) is 20.0 Å². The number of pyridine rings is 1. The van der Waals surface area contributed by atoms with Crippen LogP contribution in [-0.2, 0) is 14.1 Å². The molecule has 4 rings (SSSR count). The second-order valence-corrected chi connectivity index (χ2v) is 7.50. The number of nitrogens with zero attached hydrogens (tertiary/aromatic N) is 3. The number of benzene rings is 1. The number of aromatic nitrogens is 3. The van der Waals surface area contributed by atoms with Gasteiger partial charge in [0.05, 0.1) is 17.0 Å². The molecule has 1 amide bonds. The van der Waals surface area contributed by atoms with Crippen molar-refractivity contribution in [3.8, 4) is 0 Å². The van der Waals surface area contributed by atoms with Gasteiger partial charge in [0.15, 0.2) is 0 Å². The van der Waals surface area contributed by atoms with E-state index in [1.165, 1.54) is 29.4 Å². The predicted octanol–water partition coefficient (Wildman–Crippen LogP) is 1.82. The van der Waals surface area contributed by atoms with Gasteiger partial charge in [0.1, 0.15) is 5.65 Å².